The lowest BCUT2D eigenvalue weighted by Gasteiger charge is -2.23. The molecule has 3 aromatic rings. The number of aryl methyl sites for hydroxylation is 3. The number of nitrogens with zero attached hydrogens (tertiary/aromatic N) is 1. The van der Waals surface area contributed by atoms with Crippen LogP contribution < -0.4 is 0 Å². The first-order chi connectivity index (χ1) is 16.5. The molecule has 1 aliphatic rings. The predicted molar refractivity (Wildman–Crippen MR) is 153 cm³/mol. The molecule has 2 aromatic carbocycles. The topological polar surface area (TPSA) is 12.9 Å². The largest absolute Gasteiger partial charge is 0.252 e. The number of pyridine rings is 1. The summed E-state index contributed by atoms with van der Waals surface area (Å²) in [7, 11) is 0. The third-order valence-electron chi connectivity index (χ3n) is 6.31. The minimum atomic E-state index is 0.367. The van der Waals surface area contributed by atoms with E-state index >= 15 is 0 Å². The summed E-state index contributed by atoms with van der Waals surface area (Å²) in [6, 6.07) is 15.9. The Balaban J connectivity index is 0.000000970. The van der Waals surface area contributed by atoms with Crippen molar-refractivity contribution < 1.29 is 0 Å². The van der Waals surface area contributed by atoms with Crippen LogP contribution >= 0.6 is 0 Å². The number of allylic oxidation sites excluding steroid dienone is 1. The van der Waals surface area contributed by atoms with Gasteiger partial charge in [-0.1, -0.05) is 109 Å². The average Bonchev–Trinajstić information content (AvgIpc) is 3.06. The molecule has 34 heavy (non-hydrogen) atoms. The van der Waals surface area contributed by atoms with Crippen LogP contribution in [0.15, 0.2) is 48.5 Å². The quantitative estimate of drug-likeness (QED) is 0.381. The molecule has 1 nitrogen and oxygen atoms in total. The Hall–Kier alpha value is -2.67. The second kappa shape index (κ2) is 13.3. The normalized spacial score (nSPS) is 12.2. The highest BCUT2D eigenvalue weighted by Gasteiger charge is 2.26. The van der Waals surface area contributed by atoms with E-state index in [4.69, 9.17) is 4.98 Å². The zero-order chi connectivity index (χ0) is 25.3. The molecule has 0 saturated heterocycles. The van der Waals surface area contributed by atoms with Gasteiger partial charge in [0.2, 0.25) is 0 Å². The highest BCUT2D eigenvalue weighted by molar-refractivity contribution is 5.86. The number of rotatable bonds is 4. The summed E-state index contributed by atoms with van der Waals surface area (Å²) in [5, 5.41) is 0. The first-order valence-corrected chi connectivity index (χ1v) is 13.4. The first-order valence-electron chi connectivity index (χ1n) is 13.4. The minimum Gasteiger partial charge on any atom is -0.252 e. The smallest absolute Gasteiger partial charge is 0.0749 e. The van der Waals surface area contributed by atoms with Crippen molar-refractivity contribution in [1.29, 1.82) is 0 Å². The van der Waals surface area contributed by atoms with Gasteiger partial charge in [-0.05, 0) is 73.3 Å². The first kappa shape index (κ1) is 27.6. The number of aromatic nitrogens is 1. The molecular formula is C33H45N. The number of fused-ring (bicyclic) bond motifs is 3. The van der Waals surface area contributed by atoms with Gasteiger partial charge < -0.3 is 0 Å². The van der Waals surface area contributed by atoms with E-state index in [1.54, 1.807) is 0 Å². The van der Waals surface area contributed by atoms with Gasteiger partial charge in [0.25, 0.3) is 0 Å². The molecule has 0 atom stereocenters. The monoisotopic (exact) mass is 455 g/mol. The molecule has 0 amide bonds. The van der Waals surface area contributed by atoms with Crippen molar-refractivity contribution in [1.82, 2.24) is 4.98 Å². The van der Waals surface area contributed by atoms with Crippen molar-refractivity contribution in [3.05, 3.63) is 82.1 Å². The van der Waals surface area contributed by atoms with Crippen LogP contribution in [0.1, 0.15) is 101 Å². The zero-order valence-electron chi connectivity index (χ0n) is 23.0. The Bertz CT molecular complexity index is 1080. The van der Waals surface area contributed by atoms with Crippen molar-refractivity contribution in [3.63, 3.8) is 0 Å². The lowest BCUT2D eigenvalue weighted by Crippen LogP contribution is -2.07. The summed E-state index contributed by atoms with van der Waals surface area (Å²) in [6.07, 6.45) is 8.85. The van der Waals surface area contributed by atoms with Gasteiger partial charge in [0.1, 0.15) is 0 Å². The molecule has 0 spiro atoms. The molecule has 0 radical (unpaired) electrons. The molecule has 182 valence electrons. The van der Waals surface area contributed by atoms with Crippen molar-refractivity contribution in [2.45, 2.75) is 93.9 Å². The molecular weight excluding hydrogens is 410 g/mol. The lowest BCUT2D eigenvalue weighted by atomic mass is 9.85. The van der Waals surface area contributed by atoms with E-state index < -0.39 is 0 Å². The van der Waals surface area contributed by atoms with Gasteiger partial charge in [-0.3, -0.25) is 4.98 Å². The highest BCUT2D eigenvalue weighted by Crippen LogP contribution is 2.43. The third kappa shape index (κ3) is 5.69. The maximum atomic E-state index is 5.39. The maximum Gasteiger partial charge on any atom is 0.0749 e. The second-order valence-corrected chi connectivity index (χ2v) is 8.79. The van der Waals surface area contributed by atoms with Gasteiger partial charge in [0.15, 0.2) is 0 Å². The molecule has 0 bridgehead atoms. The van der Waals surface area contributed by atoms with Crippen LogP contribution in [0.2, 0.25) is 0 Å². The van der Waals surface area contributed by atoms with E-state index in [0.717, 1.165) is 19.3 Å². The Morgan fingerprint density at radius 3 is 2.18 bits per heavy atom. The third-order valence-corrected chi connectivity index (χ3v) is 6.31. The van der Waals surface area contributed by atoms with Crippen molar-refractivity contribution >= 4 is 6.08 Å². The molecule has 1 aromatic heterocycles. The number of hydrogen-bond donors (Lipinski definition) is 0. The van der Waals surface area contributed by atoms with E-state index in [1.165, 1.54) is 62.3 Å². The fourth-order valence-electron chi connectivity index (χ4n) is 4.85. The van der Waals surface area contributed by atoms with Crippen LogP contribution in [-0.4, -0.2) is 4.98 Å². The van der Waals surface area contributed by atoms with E-state index in [1.807, 2.05) is 27.7 Å². The molecule has 0 saturated carbocycles. The molecule has 4 rings (SSSR count). The minimum absolute atomic E-state index is 0.367. The van der Waals surface area contributed by atoms with Crippen LogP contribution in [0.25, 0.3) is 28.5 Å². The maximum absolute atomic E-state index is 5.39. The van der Waals surface area contributed by atoms with Crippen LogP contribution in [0.4, 0.5) is 0 Å². The Kier molecular flexibility index (Phi) is 10.8. The zero-order valence-corrected chi connectivity index (χ0v) is 23.0. The Labute approximate surface area is 209 Å². The highest BCUT2D eigenvalue weighted by atomic mass is 14.7. The van der Waals surface area contributed by atoms with Crippen molar-refractivity contribution in [2.75, 3.05) is 0 Å². The van der Waals surface area contributed by atoms with Gasteiger partial charge in [-0.15, -0.1) is 0 Å². The van der Waals surface area contributed by atoms with Gasteiger partial charge in [-0.2, -0.15) is 0 Å². The molecule has 1 heterocycles. The van der Waals surface area contributed by atoms with Gasteiger partial charge in [-0.25, -0.2) is 0 Å². The molecule has 1 heteroatoms. The Morgan fingerprint density at radius 2 is 1.59 bits per heavy atom. The molecule has 0 N–H and O–H groups in total. The van der Waals surface area contributed by atoms with Crippen LogP contribution in [0, 0.1) is 6.92 Å². The van der Waals surface area contributed by atoms with E-state index in [-0.39, 0.29) is 0 Å². The van der Waals surface area contributed by atoms with Crippen LogP contribution in [0.3, 0.4) is 0 Å². The van der Waals surface area contributed by atoms with E-state index in [0.29, 0.717) is 5.92 Å². The van der Waals surface area contributed by atoms with Gasteiger partial charge in [0, 0.05) is 11.1 Å². The van der Waals surface area contributed by atoms with E-state index in [9.17, 15) is 0 Å². The summed E-state index contributed by atoms with van der Waals surface area (Å²) >= 11 is 0. The average molecular weight is 456 g/mol. The molecule has 0 unspecified atom stereocenters. The molecule has 0 aliphatic heterocycles. The van der Waals surface area contributed by atoms with Crippen molar-refractivity contribution in [3.8, 4) is 22.4 Å². The van der Waals surface area contributed by atoms with Crippen LogP contribution in [0.5, 0.6) is 0 Å². The summed E-state index contributed by atoms with van der Waals surface area (Å²) in [5.74, 6) is 0.367. The number of benzene rings is 2. The predicted octanol–water partition coefficient (Wildman–Crippen LogP) is 9.98. The number of hydrogen-bond acceptors (Lipinski definition) is 1. The summed E-state index contributed by atoms with van der Waals surface area (Å²) in [5.41, 5.74) is 13.4. The fourth-order valence-corrected chi connectivity index (χ4v) is 4.85. The molecule has 1 aliphatic carbocycles. The van der Waals surface area contributed by atoms with E-state index in [2.05, 4.69) is 89.2 Å². The van der Waals surface area contributed by atoms with Gasteiger partial charge >= 0.3 is 0 Å². The van der Waals surface area contributed by atoms with Crippen molar-refractivity contribution in [2.24, 2.45) is 0 Å². The standard InChI is InChI=1S/C29H33N.2C2H6/c1-6-10-24-27(23-17-15-20(5)16-18-23)25-14-9-13-22-12-8-11-21(7-2)26(22)29(25)30-28(24)19(3)4;2*1-2/h6,8,10-12,15-19H,7,9,13-14H2,1-5H3;2*1-2H3/b10-6+;;. The fraction of sp³-hybridized carbons (Fsp3) is 0.424. The molecule has 0 fully saturated rings. The second-order valence-electron chi connectivity index (χ2n) is 8.79. The van der Waals surface area contributed by atoms with Crippen LogP contribution in [-0.2, 0) is 19.3 Å². The summed E-state index contributed by atoms with van der Waals surface area (Å²) in [4.78, 5) is 5.39. The Morgan fingerprint density at radius 1 is 0.912 bits per heavy atom. The lowest BCUT2D eigenvalue weighted by molar-refractivity contribution is 0.809. The van der Waals surface area contributed by atoms with Gasteiger partial charge in [0.05, 0.1) is 11.4 Å². The summed E-state index contributed by atoms with van der Waals surface area (Å²) in [6.45, 7) is 19.1. The summed E-state index contributed by atoms with van der Waals surface area (Å²) < 4.78 is 0. The SMILES string of the molecule is C/C=C/c1c(C(C)C)nc2c(c1-c1ccc(C)cc1)CCCc1cccc(CC)c1-2.CC.CC.